The predicted molar refractivity (Wildman–Crippen MR) is 189 cm³/mol. The van der Waals surface area contributed by atoms with Crippen molar-refractivity contribution in [2.24, 2.45) is 5.92 Å². The first kappa shape index (κ1) is 31.5. The highest BCUT2D eigenvalue weighted by atomic mass is 14.3. The number of hydrogen-bond donors (Lipinski definition) is 0. The number of aryl methyl sites for hydroxylation is 1. The van der Waals surface area contributed by atoms with E-state index in [2.05, 4.69) is 166 Å². The molecule has 0 saturated heterocycles. The van der Waals surface area contributed by atoms with Gasteiger partial charge in [0.2, 0.25) is 0 Å². The fourth-order valence-corrected chi connectivity index (χ4v) is 7.09. The molecule has 5 atom stereocenters. The summed E-state index contributed by atoms with van der Waals surface area (Å²) in [4.78, 5) is 0. The van der Waals surface area contributed by atoms with E-state index in [0.717, 1.165) is 25.7 Å². The Kier molecular flexibility index (Phi) is 12.0. The molecule has 0 bridgehead atoms. The molecule has 5 aromatic rings. The SMILES string of the molecule is CCC(C)C[C@H](C[C@@H](C[C@H](C[C@@H](CCc1ccccc1)c1ccccc1)c1ccccc1)c1ccccc1)c1ccccc1. The van der Waals surface area contributed by atoms with Crippen LogP contribution in [0.1, 0.15) is 104 Å². The van der Waals surface area contributed by atoms with Crippen molar-refractivity contribution in [1.29, 1.82) is 0 Å². The van der Waals surface area contributed by atoms with E-state index in [9.17, 15) is 0 Å². The Morgan fingerprint density at radius 2 is 0.705 bits per heavy atom. The van der Waals surface area contributed by atoms with Gasteiger partial charge >= 0.3 is 0 Å². The quantitative estimate of drug-likeness (QED) is 0.109. The predicted octanol–water partition coefficient (Wildman–Crippen LogP) is 12.4. The molecule has 0 heterocycles. The summed E-state index contributed by atoms with van der Waals surface area (Å²) in [6, 6.07) is 56.4. The zero-order chi connectivity index (χ0) is 30.4. The Hall–Kier alpha value is -3.90. The molecule has 0 spiro atoms. The Morgan fingerprint density at radius 1 is 0.386 bits per heavy atom. The molecule has 0 aliphatic carbocycles. The van der Waals surface area contributed by atoms with E-state index in [-0.39, 0.29) is 0 Å². The standard InChI is InChI=1S/C44H50/c1-3-35(2)31-42(38-23-13-6-14-24-38)33-44(40-27-17-8-18-28-40)34-43(39-25-15-7-16-26-39)32-41(37-21-11-5-12-22-37)30-29-36-19-9-4-10-20-36/h4-28,35,41-44H,3,29-34H2,1-2H3/t35?,41-,42-,43+,44+/m1/s1. The van der Waals surface area contributed by atoms with Crippen LogP contribution in [-0.4, -0.2) is 0 Å². The summed E-state index contributed by atoms with van der Waals surface area (Å²) in [5.74, 6) is 2.73. The lowest BCUT2D eigenvalue weighted by atomic mass is 9.73. The summed E-state index contributed by atoms with van der Waals surface area (Å²) < 4.78 is 0. The molecule has 0 heteroatoms. The molecule has 0 fully saturated rings. The second-order valence-electron chi connectivity index (χ2n) is 12.9. The molecule has 0 N–H and O–H groups in total. The molecule has 0 aliphatic rings. The molecule has 226 valence electrons. The fourth-order valence-electron chi connectivity index (χ4n) is 7.09. The maximum atomic E-state index is 2.43. The van der Waals surface area contributed by atoms with Crippen molar-refractivity contribution in [3.05, 3.63) is 179 Å². The van der Waals surface area contributed by atoms with E-state index < -0.39 is 0 Å². The molecule has 0 nitrogen and oxygen atoms in total. The summed E-state index contributed by atoms with van der Waals surface area (Å²) >= 11 is 0. The minimum atomic E-state index is 0.474. The van der Waals surface area contributed by atoms with Crippen LogP contribution in [0.25, 0.3) is 0 Å². The molecule has 5 rings (SSSR count). The van der Waals surface area contributed by atoms with Crippen molar-refractivity contribution in [1.82, 2.24) is 0 Å². The first-order valence-electron chi connectivity index (χ1n) is 16.9. The van der Waals surface area contributed by atoms with Crippen molar-refractivity contribution < 1.29 is 0 Å². The van der Waals surface area contributed by atoms with E-state index >= 15 is 0 Å². The van der Waals surface area contributed by atoms with E-state index in [1.165, 1.54) is 47.1 Å². The van der Waals surface area contributed by atoms with Gasteiger partial charge < -0.3 is 0 Å². The van der Waals surface area contributed by atoms with Crippen molar-refractivity contribution in [3.8, 4) is 0 Å². The van der Waals surface area contributed by atoms with Gasteiger partial charge in [0, 0.05) is 0 Å². The van der Waals surface area contributed by atoms with E-state index in [1.54, 1.807) is 0 Å². The zero-order valence-electron chi connectivity index (χ0n) is 26.8. The van der Waals surface area contributed by atoms with Gasteiger partial charge in [0.05, 0.1) is 0 Å². The molecule has 0 saturated carbocycles. The molecule has 0 aliphatic heterocycles. The average Bonchev–Trinajstić information content (AvgIpc) is 3.10. The lowest BCUT2D eigenvalue weighted by molar-refractivity contribution is 0.380. The summed E-state index contributed by atoms with van der Waals surface area (Å²) in [6.45, 7) is 4.77. The van der Waals surface area contributed by atoms with E-state index in [4.69, 9.17) is 0 Å². The van der Waals surface area contributed by atoms with Gasteiger partial charge in [-0.3, -0.25) is 0 Å². The Morgan fingerprint density at radius 3 is 1.09 bits per heavy atom. The van der Waals surface area contributed by atoms with Gasteiger partial charge in [-0.25, -0.2) is 0 Å². The van der Waals surface area contributed by atoms with Crippen LogP contribution in [0.15, 0.2) is 152 Å². The smallest absolute Gasteiger partial charge is 0.0150 e. The molecule has 5 aromatic carbocycles. The van der Waals surface area contributed by atoms with Crippen LogP contribution in [-0.2, 0) is 6.42 Å². The minimum Gasteiger partial charge on any atom is -0.0651 e. The van der Waals surface area contributed by atoms with Crippen LogP contribution in [0, 0.1) is 5.92 Å². The number of hydrogen-bond acceptors (Lipinski definition) is 0. The summed E-state index contributed by atoms with van der Waals surface area (Å²) in [7, 11) is 0. The first-order valence-corrected chi connectivity index (χ1v) is 16.9. The Bertz CT molecular complexity index is 1440. The van der Waals surface area contributed by atoms with Gasteiger partial charge in [-0.05, 0) is 95.9 Å². The lowest BCUT2D eigenvalue weighted by Gasteiger charge is -2.31. The highest BCUT2D eigenvalue weighted by molar-refractivity contribution is 5.28. The van der Waals surface area contributed by atoms with Gasteiger partial charge in [0.15, 0.2) is 0 Å². The second kappa shape index (κ2) is 16.8. The highest BCUT2D eigenvalue weighted by Gasteiger charge is 2.27. The maximum Gasteiger partial charge on any atom is -0.0150 e. The third-order valence-corrected chi connectivity index (χ3v) is 9.80. The highest BCUT2D eigenvalue weighted by Crippen LogP contribution is 2.43. The summed E-state index contributed by atoms with van der Waals surface area (Å²) in [5.41, 5.74) is 7.36. The van der Waals surface area contributed by atoms with Gasteiger partial charge in [0.1, 0.15) is 0 Å². The monoisotopic (exact) mass is 578 g/mol. The largest absolute Gasteiger partial charge is 0.0651 e. The van der Waals surface area contributed by atoms with Gasteiger partial charge in [-0.15, -0.1) is 0 Å². The van der Waals surface area contributed by atoms with Crippen molar-refractivity contribution in [2.45, 2.75) is 82.5 Å². The van der Waals surface area contributed by atoms with E-state index in [1.807, 2.05) is 0 Å². The van der Waals surface area contributed by atoms with Crippen LogP contribution >= 0.6 is 0 Å². The van der Waals surface area contributed by atoms with E-state index in [0.29, 0.717) is 29.6 Å². The van der Waals surface area contributed by atoms with Gasteiger partial charge in [-0.1, -0.05) is 172 Å². The van der Waals surface area contributed by atoms with Crippen molar-refractivity contribution in [2.75, 3.05) is 0 Å². The lowest BCUT2D eigenvalue weighted by Crippen LogP contribution is -2.15. The summed E-state index contributed by atoms with van der Waals surface area (Å²) in [6.07, 6.45) is 8.23. The second-order valence-corrected chi connectivity index (χ2v) is 12.9. The fraction of sp³-hybridized carbons (Fsp3) is 0.318. The van der Waals surface area contributed by atoms with Crippen LogP contribution in [0.2, 0.25) is 0 Å². The number of rotatable bonds is 16. The molecular formula is C44H50. The molecule has 0 amide bonds. The molecule has 44 heavy (non-hydrogen) atoms. The topological polar surface area (TPSA) is 0 Å². The van der Waals surface area contributed by atoms with Gasteiger partial charge in [0.25, 0.3) is 0 Å². The Balaban J connectivity index is 1.47. The van der Waals surface area contributed by atoms with Crippen LogP contribution in [0.4, 0.5) is 0 Å². The van der Waals surface area contributed by atoms with Gasteiger partial charge in [-0.2, -0.15) is 0 Å². The number of benzene rings is 5. The van der Waals surface area contributed by atoms with Crippen molar-refractivity contribution >= 4 is 0 Å². The molecule has 1 unspecified atom stereocenters. The third-order valence-electron chi connectivity index (χ3n) is 9.80. The molecule has 0 aromatic heterocycles. The van der Waals surface area contributed by atoms with Crippen LogP contribution < -0.4 is 0 Å². The summed E-state index contributed by atoms with van der Waals surface area (Å²) in [5, 5.41) is 0. The van der Waals surface area contributed by atoms with Crippen LogP contribution in [0.5, 0.6) is 0 Å². The minimum absolute atomic E-state index is 0.474. The average molecular weight is 579 g/mol. The Labute approximate surface area is 267 Å². The first-order chi connectivity index (χ1) is 21.7. The third kappa shape index (κ3) is 9.30. The molecule has 0 radical (unpaired) electrons. The maximum absolute atomic E-state index is 2.43. The molecular weight excluding hydrogens is 528 g/mol. The van der Waals surface area contributed by atoms with Crippen molar-refractivity contribution in [3.63, 3.8) is 0 Å². The van der Waals surface area contributed by atoms with Crippen LogP contribution in [0.3, 0.4) is 0 Å². The zero-order valence-corrected chi connectivity index (χ0v) is 26.8. The normalized spacial score (nSPS) is 14.8.